The normalized spacial score (nSPS) is 22.6. The van der Waals surface area contributed by atoms with E-state index in [4.69, 9.17) is 19.7 Å². The Morgan fingerprint density at radius 3 is 3.00 bits per heavy atom. The van der Waals surface area contributed by atoms with E-state index < -0.39 is 6.10 Å². The molecule has 0 bridgehead atoms. The van der Waals surface area contributed by atoms with E-state index in [1.165, 1.54) is 5.56 Å². The van der Waals surface area contributed by atoms with E-state index in [1.54, 1.807) is 0 Å². The fourth-order valence-corrected chi connectivity index (χ4v) is 4.31. The topological polar surface area (TPSA) is 96.0 Å². The van der Waals surface area contributed by atoms with Crippen molar-refractivity contribution in [1.29, 1.82) is 0 Å². The molecule has 0 aromatic carbocycles. The largest absolute Gasteiger partial charge is 0.492 e. The van der Waals surface area contributed by atoms with Gasteiger partial charge in [-0.2, -0.15) is 0 Å². The summed E-state index contributed by atoms with van der Waals surface area (Å²) < 4.78 is 11.7. The van der Waals surface area contributed by atoms with Crippen molar-refractivity contribution in [3.8, 4) is 5.75 Å². The molecule has 1 saturated carbocycles. The number of carbonyl (C=O) groups excluding carboxylic acids is 1. The molecule has 3 N–H and O–H groups in total. The van der Waals surface area contributed by atoms with Gasteiger partial charge in [-0.1, -0.05) is 0 Å². The highest BCUT2D eigenvalue weighted by molar-refractivity contribution is 5.82. The van der Waals surface area contributed by atoms with Gasteiger partial charge >= 0.3 is 0 Å². The molecule has 1 aromatic rings. The van der Waals surface area contributed by atoms with Crippen molar-refractivity contribution in [2.24, 2.45) is 0 Å². The fourth-order valence-electron chi connectivity index (χ4n) is 4.31. The van der Waals surface area contributed by atoms with E-state index in [-0.39, 0.29) is 18.0 Å². The lowest BCUT2D eigenvalue weighted by atomic mass is 9.94. The molecule has 0 spiro atoms. The van der Waals surface area contributed by atoms with Crippen molar-refractivity contribution in [2.45, 2.75) is 63.6 Å². The van der Waals surface area contributed by atoms with Crippen molar-refractivity contribution in [2.75, 3.05) is 32.8 Å². The molecule has 2 fully saturated rings. The van der Waals surface area contributed by atoms with E-state index >= 15 is 0 Å². The number of morpholine rings is 1. The van der Waals surface area contributed by atoms with Gasteiger partial charge in [0.15, 0.2) is 0 Å². The minimum atomic E-state index is -0.421. The van der Waals surface area contributed by atoms with Crippen LogP contribution >= 0.6 is 0 Å². The quantitative estimate of drug-likeness (QED) is 0.445. The third-order valence-corrected chi connectivity index (χ3v) is 5.99. The van der Waals surface area contributed by atoms with Crippen molar-refractivity contribution < 1.29 is 19.5 Å². The average molecular weight is 405 g/mol. The summed E-state index contributed by atoms with van der Waals surface area (Å²) in [5, 5.41) is 12.1. The summed E-state index contributed by atoms with van der Waals surface area (Å²) >= 11 is 0. The van der Waals surface area contributed by atoms with Crippen LogP contribution in [0.4, 0.5) is 0 Å². The maximum atomic E-state index is 13.2. The van der Waals surface area contributed by atoms with E-state index in [2.05, 4.69) is 17.7 Å². The van der Waals surface area contributed by atoms with Gasteiger partial charge in [0.1, 0.15) is 18.5 Å². The van der Waals surface area contributed by atoms with E-state index in [9.17, 15) is 4.79 Å². The molecule has 1 aromatic heterocycles. The molecule has 3 aliphatic rings. The molecule has 2 heterocycles. The molecule has 0 radical (unpaired) electrons. The SMILES string of the molecule is C[C@H](c1cc(OCCNO)c2c(n1)CCCC2)N(C(=O)[C@H]1CNCCO1)C1CC1. The molecule has 29 heavy (non-hydrogen) atoms. The molecule has 4 rings (SSSR count). The number of rotatable bonds is 8. The summed E-state index contributed by atoms with van der Waals surface area (Å²) in [4.78, 5) is 20.2. The Morgan fingerprint density at radius 2 is 2.28 bits per heavy atom. The predicted molar refractivity (Wildman–Crippen MR) is 107 cm³/mol. The molecule has 0 unspecified atom stereocenters. The number of fused-ring (bicyclic) bond motifs is 1. The number of hydroxylamine groups is 1. The first-order valence-corrected chi connectivity index (χ1v) is 10.9. The first-order valence-electron chi connectivity index (χ1n) is 10.9. The predicted octanol–water partition coefficient (Wildman–Crippen LogP) is 1.36. The molecule has 160 valence electrons. The number of hydrogen-bond acceptors (Lipinski definition) is 7. The van der Waals surface area contributed by atoms with E-state index in [0.29, 0.717) is 26.3 Å². The molecule has 8 heteroatoms. The van der Waals surface area contributed by atoms with Gasteiger partial charge in [-0.05, 0) is 45.4 Å². The number of aryl methyl sites for hydroxylation is 1. The Kier molecular flexibility index (Phi) is 6.64. The molecular weight excluding hydrogens is 372 g/mol. The Balaban J connectivity index is 1.59. The molecule has 1 saturated heterocycles. The first kappa shape index (κ1) is 20.5. The Hall–Kier alpha value is -1.74. The van der Waals surface area contributed by atoms with Crippen LogP contribution in [0.3, 0.4) is 0 Å². The summed E-state index contributed by atoms with van der Waals surface area (Å²) in [7, 11) is 0. The smallest absolute Gasteiger partial charge is 0.253 e. The number of nitrogens with zero attached hydrogens (tertiary/aromatic N) is 2. The van der Waals surface area contributed by atoms with E-state index in [1.807, 2.05) is 11.0 Å². The van der Waals surface area contributed by atoms with Crippen LogP contribution in [0.25, 0.3) is 0 Å². The number of aromatic nitrogens is 1. The Morgan fingerprint density at radius 1 is 1.45 bits per heavy atom. The van der Waals surface area contributed by atoms with Crippen LogP contribution in [0.2, 0.25) is 0 Å². The summed E-state index contributed by atoms with van der Waals surface area (Å²) in [5.41, 5.74) is 5.28. The number of hydrogen-bond donors (Lipinski definition) is 3. The van der Waals surface area contributed by atoms with Crippen LogP contribution in [-0.2, 0) is 22.4 Å². The zero-order chi connectivity index (χ0) is 20.2. The minimum Gasteiger partial charge on any atom is -0.492 e. The average Bonchev–Trinajstić information content (AvgIpc) is 3.59. The molecule has 1 aliphatic heterocycles. The third-order valence-electron chi connectivity index (χ3n) is 5.99. The van der Waals surface area contributed by atoms with Crippen molar-refractivity contribution >= 4 is 5.91 Å². The molecular formula is C21H32N4O4. The van der Waals surface area contributed by atoms with Gasteiger partial charge in [-0.25, -0.2) is 5.48 Å². The van der Waals surface area contributed by atoms with Crippen LogP contribution in [0.15, 0.2) is 6.07 Å². The second kappa shape index (κ2) is 9.38. The number of carbonyl (C=O) groups is 1. The van der Waals surface area contributed by atoms with Crippen molar-refractivity contribution in [1.82, 2.24) is 20.7 Å². The van der Waals surface area contributed by atoms with Crippen LogP contribution in [0.1, 0.15) is 55.6 Å². The Bertz CT molecular complexity index is 719. The number of nitrogens with one attached hydrogen (secondary N) is 2. The highest BCUT2D eigenvalue weighted by atomic mass is 16.5. The zero-order valence-corrected chi connectivity index (χ0v) is 17.2. The maximum absolute atomic E-state index is 13.2. The van der Waals surface area contributed by atoms with Gasteiger partial charge in [-0.15, -0.1) is 0 Å². The maximum Gasteiger partial charge on any atom is 0.253 e. The highest BCUT2D eigenvalue weighted by Gasteiger charge is 2.40. The van der Waals surface area contributed by atoms with Crippen molar-refractivity contribution in [3.05, 3.63) is 23.0 Å². The second-order valence-electron chi connectivity index (χ2n) is 8.15. The van der Waals surface area contributed by atoms with Crippen LogP contribution in [-0.4, -0.2) is 66.0 Å². The molecule has 1 amide bonds. The number of amides is 1. The lowest BCUT2D eigenvalue weighted by Gasteiger charge is -2.34. The zero-order valence-electron chi connectivity index (χ0n) is 17.2. The van der Waals surface area contributed by atoms with E-state index in [0.717, 1.165) is 62.2 Å². The third kappa shape index (κ3) is 4.71. The standard InChI is InChI=1S/C21H32N4O4/c1-14(25(15-6-7-15)21(26)20-13-22-8-10-29-20)18-12-19(28-11-9-23-27)16-4-2-3-5-17(16)24-18/h12,14-15,20,22-23,27H,2-11,13H2,1H3/t14-,20-/m1/s1. The summed E-state index contributed by atoms with van der Waals surface area (Å²) in [6, 6.07) is 2.13. The Labute approximate surface area is 171 Å². The van der Waals surface area contributed by atoms with Crippen LogP contribution in [0, 0.1) is 0 Å². The van der Waals surface area contributed by atoms with Gasteiger partial charge in [0.2, 0.25) is 0 Å². The lowest BCUT2D eigenvalue weighted by molar-refractivity contribution is -0.148. The first-order chi connectivity index (χ1) is 14.2. The van der Waals surface area contributed by atoms with Crippen LogP contribution < -0.4 is 15.5 Å². The van der Waals surface area contributed by atoms with Gasteiger partial charge in [0.05, 0.1) is 24.9 Å². The summed E-state index contributed by atoms with van der Waals surface area (Å²) in [6.45, 7) is 4.72. The van der Waals surface area contributed by atoms with Gasteiger partial charge < -0.3 is 24.9 Å². The number of ether oxygens (including phenoxy) is 2. The second-order valence-corrected chi connectivity index (χ2v) is 8.15. The lowest BCUT2D eigenvalue weighted by Crippen LogP contribution is -2.50. The van der Waals surface area contributed by atoms with Crippen molar-refractivity contribution in [3.63, 3.8) is 0 Å². The molecule has 2 atom stereocenters. The fraction of sp³-hybridized carbons (Fsp3) is 0.714. The van der Waals surface area contributed by atoms with Gasteiger partial charge in [0.25, 0.3) is 5.91 Å². The van der Waals surface area contributed by atoms with Gasteiger partial charge in [-0.3, -0.25) is 9.78 Å². The monoisotopic (exact) mass is 404 g/mol. The number of pyridine rings is 1. The van der Waals surface area contributed by atoms with Crippen LogP contribution in [0.5, 0.6) is 5.75 Å². The molecule has 2 aliphatic carbocycles. The highest BCUT2D eigenvalue weighted by Crippen LogP contribution is 2.37. The summed E-state index contributed by atoms with van der Waals surface area (Å²) in [5.74, 6) is 0.893. The summed E-state index contributed by atoms with van der Waals surface area (Å²) in [6.07, 6.45) is 5.82. The molecule has 8 nitrogen and oxygen atoms in total. The van der Waals surface area contributed by atoms with Gasteiger partial charge in [0, 0.05) is 36.5 Å². The minimum absolute atomic E-state index is 0.0543.